The number of rotatable bonds is 5. The van der Waals surface area contributed by atoms with Gasteiger partial charge in [-0.1, -0.05) is 18.2 Å². The standard InChI is InChI=1S/C15H15Br2NO2/c1-20-15-12(16)6-10(7-13(15)17)8-18-14-5-3-2-4-11(14)9-19/h2-7,18-19H,8-9H2,1H3. The zero-order valence-corrected chi connectivity index (χ0v) is 14.2. The van der Waals surface area contributed by atoms with Crippen LogP contribution in [0.4, 0.5) is 5.69 Å². The predicted octanol–water partition coefficient (Wildman–Crippen LogP) is 4.32. The molecule has 2 aromatic carbocycles. The molecule has 0 saturated carbocycles. The molecule has 0 bridgehead atoms. The number of hydrogen-bond donors (Lipinski definition) is 2. The molecule has 0 spiro atoms. The summed E-state index contributed by atoms with van der Waals surface area (Å²) in [6.45, 7) is 0.692. The molecule has 0 aliphatic heterocycles. The Hall–Kier alpha value is -1.04. The van der Waals surface area contributed by atoms with Gasteiger partial charge >= 0.3 is 0 Å². The largest absolute Gasteiger partial charge is 0.494 e. The van der Waals surface area contributed by atoms with Crippen LogP contribution in [-0.2, 0) is 13.2 Å². The fourth-order valence-corrected chi connectivity index (χ4v) is 3.54. The van der Waals surface area contributed by atoms with Crippen LogP contribution in [0.15, 0.2) is 45.3 Å². The number of hydrogen-bond acceptors (Lipinski definition) is 3. The van der Waals surface area contributed by atoms with Gasteiger partial charge < -0.3 is 15.2 Å². The van der Waals surface area contributed by atoms with E-state index in [0.29, 0.717) is 6.54 Å². The van der Waals surface area contributed by atoms with Crippen LogP contribution in [0, 0.1) is 0 Å². The monoisotopic (exact) mass is 399 g/mol. The molecule has 2 aromatic rings. The van der Waals surface area contributed by atoms with E-state index in [-0.39, 0.29) is 6.61 Å². The van der Waals surface area contributed by atoms with Gasteiger partial charge in [-0.15, -0.1) is 0 Å². The molecule has 106 valence electrons. The lowest BCUT2D eigenvalue weighted by Crippen LogP contribution is -2.03. The molecule has 0 aliphatic rings. The van der Waals surface area contributed by atoms with Gasteiger partial charge in [0, 0.05) is 17.8 Å². The molecule has 0 aliphatic carbocycles. The number of para-hydroxylation sites is 1. The van der Waals surface area contributed by atoms with E-state index in [1.54, 1.807) is 7.11 Å². The summed E-state index contributed by atoms with van der Waals surface area (Å²) >= 11 is 6.98. The molecular weight excluding hydrogens is 386 g/mol. The molecule has 0 heterocycles. The maximum atomic E-state index is 9.30. The molecule has 2 rings (SSSR count). The van der Waals surface area contributed by atoms with E-state index in [0.717, 1.165) is 31.5 Å². The first-order valence-corrected chi connectivity index (χ1v) is 7.69. The maximum Gasteiger partial charge on any atom is 0.147 e. The lowest BCUT2D eigenvalue weighted by molar-refractivity contribution is 0.282. The molecule has 5 heteroatoms. The maximum absolute atomic E-state index is 9.30. The van der Waals surface area contributed by atoms with Crippen molar-refractivity contribution in [2.45, 2.75) is 13.2 Å². The number of nitrogens with one attached hydrogen (secondary N) is 1. The average molecular weight is 401 g/mol. The molecule has 3 nitrogen and oxygen atoms in total. The summed E-state index contributed by atoms with van der Waals surface area (Å²) in [5, 5.41) is 12.6. The number of anilines is 1. The van der Waals surface area contributed by atoms with Gasteiger partial charge in [0.15, 0.2) is 0 Å². The summed E-state index contributed by atoms with van der Waals surface area (Å²) in [6.07, 6.45) is 0. The van der Waals surface area contributed by atoms with Crippen molar-refractivity contribution in [1.82, 2.24) is 0 Å². The highest BCUT2D eigenvalue weighted by Gasteiger charge is 2.08. The molecule has 20 heavy (non-hydrogen) atoms. The van der Waals surface area contributed by atoms with Crippen LogP contribution in [0.25, 0.3) is 0 Å². The van der Waals surface area contributed by atoms with Crippen molar-refractivity contribution in [3.63, 3.8) is 0 Å². The minimum absolute atomic E-state index is 0.0270. The van der Waals surface area contributed by atoms with Gasteiger partial charge in [0.2, 0.25) is 0 Å². The van der Waals surface area contributed by atoms with Crippen LogP contribution < -0.4 is 10.1 Å². The zero-order chi connectivity index (χ0) is 14.5. The topological polar surface area (TPSA) is 41.5 Å². The second kappa shape index (κ2) is 7.11. The lowest BCUT2D eigenvalue weighted by Gasteiger charge is -2.12. The van der Waals surface area contributed by atoms with Crippen molar-refractivity contribution in [2.24, 2.45) is 0 Å². The zero-order valence-electron chi connectivity index (χ0n) is 11.0. The fraction of sp³-hybridized carbons (Fsp3) is 0.200. The van der Waals surface area contributed by atoms with E-state index in [9.17, 15) is 5.11 Å². The van der Waals surface area contributed by atoms with Crippen LogP contribution >= 0.6 is 31.9 Å². The van der Waals surface area contributed by atoms with Gasteiger partial charge in [-0.3, -0.25) is 0 Å². The summed E-state index contributed by atoms with van der Waals surface area (Å²) in [4.78, 5) is 0. The third-order valence-corrected chi connectivity index (χ3v) is 4.11. The van der Waals surface area contributed by atoms with Gasteiger partial charge in [-0.2, -0.15) is 0 Å². The number of benzene rings is 2. The Morgan fingerprint density at radius 2 is 1.80 bits per heavy atom. The summed E-state index contributed by atoms with van der Waals surface area (Å²) in [6, 6.07) is 11.7. The third-order valence-electron chi connectivity index (χ3n) is 2.93. The van der Waals surface area contributed by atoms with Crippen molar-refractivity contribution in [3.05, 3.63) is 56.5 Å². The first kappa shape index (κ1) is 15.4. The van der Waals surface area contributed by atoms with Gasteiger partial charge in [-0.25, -0.2) is 0 Å². The Morgan fingerprint density at radius 1 is 1.15 bits per heavy atom. The first-order chi connectivity index (χ1) is 9.65. The van der Waals surface area contributed by atoms with Crippen molar-refractivity contribution >= 4 is 37.5 Å². The highest BCUT2D eigenvalue weighted by Crippen LogP contribution is 2.34. The van der Waals surface area contributed by atoms with Gasteiger partial charge in [0.1, 0.15) is 5.75 Å². The summed E-state index contributed by atoms with van der Waals surface area (Å²) in [5.41, 5.74) is 2.94. The number of methoxy groups -OCH3 is 1. The molecule has 0 aromatic heterocycles. The number of halogens is 2. The van der Waals surface area contributed by atoms with Crippen LogP contribution in [0.2, 0.25) is 0 Å². The molecule has 0 radical (unpaired) electrons. The molecule has 0 unspecified atom stereocenters. The second-order valence-corrected chi connectivity index (χ2v) is 5.97. The number of ether oxygens (including phenoxy) is 1. The summed E-state index contributed by atoms with van der Waals surface area (Å²) in [5.74, 6) is 0.782. The van der Waals surface area contributed by atoms with Crippen LogP contribution in [-0.4, -0.2) is 12.2 Å². The van der Waals surface area contributed by atoms with Crippen molar-refractivity contribution in [3.8, 4) is 5.75 Å². The fourth-order valence-electron chi connectivity index (χ4n) is 1.94. The van der Waals surface area contributed by atoms with E-state index in [4.69, 9.17) is 4.74 Å². The van der Waals surface area contributed by atoms with E-state index in [2.05, 4.69) is 37.2 Å². The van der Waals surface area contributed by atoms with E-state index in [1.807, 2.05) is 36.4 Å². The summed E-state index contributed by atoms with van der Waals surface area (Å²) in [7, 11) is 1.64. The molecule has 0 fully saturated rings. The number of aliphatic hydroxyl groups excluding tert-OH is 1. The van der Waals surface area contributed by atoms with Crippen LogP contribution in [0.1, 0.15) is 11.1 Å². The minimum atomic E-state index is 0.0270. The van der Waals surface area contributed by atoms with E-state index >= 15 is 0 Å². The third kappa shape index (κ3) is 3.53. The van der Waals surface area contributed by atoms with Crippen molar-refractivity contribution < 1.29 is 9.84 Å². The minimum Gasteiger partial charge on any atom is -0.494 e. The number of aliphatic hydroxyl groups is 1. The average Bonchev–Trinajstić information content (AvgIpc) is 2.45. The van der Waals surface area contributed by atoms with E-state index < -0.39 is 0 Å². The van der Waals surface area contributed by atoms with Gasteiger partial charge in [0.05, 0.1) is 22.7 Å². The highest BCUT2D eigenvalue weighted by atomic mass is 79.9. The molecule has 0 atom stereocenters. The van der Waals surface area contributed by atoms with Crippen molar-refractivity contribution in [1.29, 1.82) is 0 Å². The lowest BCUT2D eigenvalue weighted by atomic mass is 10.1. The van der Waals surface area contributed by atoms with Crippen LogP contribution in [0.5, 0.6) is 5.75 Å². The second-order valence-electron chi connectivity index (χ2n) is 4.26. The van der Waals surface area contributed by atoms with Gasteiger partial charge in [0.25, 0.3) is 0 Å². The highest BCUT2D eigenvalue weighted by molar-refractivity contribution is 9.11. The Bertz CT molecular complexity index is 579. The SMILES string of the molecule is COc1c(Br)cc(CNc2ccccc2CO)cc1Br. The Labute approximate surface area is 135 Å². The Morgan fingerprint density at radius 3 is 2.40 bits per heavy atom. The van der Waals surface area contributed by atoms with Crippen molar-refractivity contribution in [2.75, 3.05) is 12.4 Å². The molecule has 2 N–H and O–H groups in total. The normalized spacial score (nSPS) is 10.4. The predicted molar refractivity (Wildman–Crippen MR) is 88.1 cm³/mol. The van der Waals surface area contributed by atoms with Gasteiger partial charge in [-0.05, 0) is 55.6 Å². The van der Waals surface area contributed by atoms with E-state index in [1.165, 1.54) is 0 Å². The first-order valence-electron chi connectivity index (χ1n) is 6.10. The molecular formula is C15H15Br2NO2. The smallest absolute Gasteiger partial charge is 0.147 e. The Kier molecular flexibility index (Phi) is 5.46. The Balaban J connectivity index is 2.15. The molecule has 0 amide bonds. The quantitative estimate of drug-likeness (QED) is 0.784. The summed E-state index contributed by atoms with van der Waals surface area (Å²) < 4.78 is 7.09. The van der Waals surface area contributed by atoms with Crippen LogP contribution in [0.3, 0.4) is 0 Å². The molecule has 0 saturated heterocycles.